The van der Waals surface area contributed by atoms with Crippen molar-refractivity contribution in [3.63, 3.8) is 0 Å². The molecule has 0 saturated carbocycles. The minimum absolute atomic E-state index is 0.0352. The Kier molecular flexibility index (Phi) is 5.19. The third-order valence-electron chi connectivity index (χ3n) is 2.67. The predicted molar refractivity (Wildman–Crippen MR) is 87.2 cm³/mol. The Hall–Kier alpha value is -1.05. The highest BCUT2D eigenvalue weighted by atomic mass is 79.9. The van der Waals surface area contributed by atoms with Gasteiger partial charge in [0.25, 0.3) is 0 Å². The van der Waals surface area contributed by atoms with E-state index in [-0.39, 0.29) is 16.5 Å². The van der Waals surface area contributed by atoms with Crippen LogP contribution in [0.3, 0.4) is 0 Å². The average Bonchev–Trinajstić information content (AvgIpc) is 2.41. The second-order valence-corrected chi connectivity index (χ2v) is 6.42. The first-order valence-corrected chi connectivity index (χ1v) is 7.73. The first kappa shape index (κ1) is 17.3. The van der Waals surface area contributed by atoms with Gasteiger partial charge in [-0.1, -0.05) is 27.5 Å². The average molecular weight is 457 g/mol. The summed E-state index contributed by atoms with van der Waals surface area (Å²) in [6.07, 6.45) is -3.23. The van der Waals surface area contributed by atoms with Gasteiger partial charge in [0, 0.05) is 16.3 Å². The monoisotopic (exact) mass is 455 g/mol. The van der Waals surface area contributed by atoms with Gasteiger partial charge in [0.2, 0.25) is 0 Å². The highest BCUT2D eigenvalue weighted by molar-refractivity contribution is 9.11. The maximum atomic E-state index is 12.7. The topological polar surface area (TPSA) is 32.6 Å². The van der Waals surface area contributed by atoms with Crippen molar-refractivity contribution in [1.29, 1.82) is 0 Å². The summed E-state index contributed by atoms with van der Waals surface area (Å²) in [4.78, 5) is 3.93. The molecule has 0 fully saturated rings. The van der Waals surface area contributed by atoms with Crippen LogP contribution in [0.4, 0.5) is 18.9 Å². The van der Waals surface area contributed by atoms with Crippen LogP contribution in [0.25, 0.3) is 0 Å². The molecular formula is C14H7Br2ClF3NO. The lowest BCUT2D eigenvalue weighted by Gasteiger charge is -2.08. The van der Waals surface area contributed by atoms with E-state index in [1.807, 2.05) is 0 Å². The van der Waals surface area contributed by atoms with Crippen LogP contribution in [0.2, 0.25) is 5.02 Å². The van der Waals surface area contributed by atoms with Crippen LogP contribution in [0, 0.1) is 0 Å². The van der Waals surface area contributed by atoms with E-state index in [4.69, 9.17) is 11.6 Å². The lowest BCUT2D eigenvalue weighted by Crippen LogP contribution is -2.04. The van der Waals surface area contributed by atoms with Crippen LogP contribution in [0.15, 0.2) is 44.3 Å². The van der Waals surface area contributed by atoms with Gasteiger partial charge in [-0.25, -0.2) is 0 Å². The lowest BCUT2D eigenvalue weighted by atomic mass is 10.2. The lowest BCUT2D eigenvalue weighted by molar-refractivity contribution is -0.137. The molecule has 0 spiro atoms. The highest BCUT2D eigenvalue weighted by Gasteiger charge is 2.30. The summed E-state index contributed by atoms with van der Waals surface area (Å²) in [6, 6.07) is 6.07. The SMILES string of the molecule is Oc1c(Br)cc(Br)cc1C=Nc1cc(C(F)(F)F)ccc1Cl. The molecule has 0 aromatic heterocycles. The number of phenols is 1. The van der Waals surface area contributed by atoms with E-state index in [0.717, 1.165) is 18.2 Å². The molecule has 2 aromatic rings. The molecule has 8 heteroatoms. The van der Waals surface area contributed by atoms with Crippen LogP contribution in [-0.2, 0) is 6.18 Å². The Morgan fingerprint density at radius 3 is 2.45 bits per heavy atom. The summed E-state index contributed by atoms with van der Waals surface area (Å²) in [5.74, 6) is -0.0740. The first-order chi connectivity index (χ1) is 10.2. The van der Waals surface area contributed by atoms with Crippen molar-refractivity contribution in [3.05, 3.63) is 55.4 Å². The number of aromatic hydroxyl groups is 1. The number of hydrogen-bond donors (Lipinski definition) is 1. The largest absolute Gasteiger partial charge is 0.506 e. The molecule has 0 aliphatic carbocycles. The zero-order valence-corrected chi connectivity index (χ0v) is 14.6. The Balaban J connectivity index is 2.43. The van der Waals surface area contributed by atoms with E-state index < -0.39 is 11.7 Å². The number of aliphatic imine (C=N–C) groups is 1. The summed E-state index contributed by atoms with van der Waals surface area (Å²) < 4.78 is 39.2. The van der Waals surface area contributed by atoms with E-state index in [2.05, 4.69) is 36.9 Å². The predicted octanol–water partition coefficient (Wildman–Crippen LogP) is 6.34. The maximum absolute atomic E-state index is 12.7. The highest BCUT2D eigenvalue weighted by Crippen LogP contribution is 2.36. The molecule has 0 radical (unpaired) electrons. The fourth-order valence-corrected chi connectivity index (χ4v) is 3.04. The van der Waals surface area contributed by atoms with Crippen molar-refractivity contribution >= 4 is 55.4 Å². The molecule has 0 bridgehead atoms. The molecule has 0 unspecified atom stereocenters. The number of hydrogen-bond acceptors (Lipinski definition) is 2. The number of phenolic OH excluding ortho intramolecular Hbond substituents is 1. The maximum Gasteiger partial charge on any atom is 0.416 e. The standard InChI is InChI=1S/C14H7Br2ClF3NO/c15-9-3-7(13(22)10(16)5-9)6-21-12-4-8(14(18,19)20)1-2-11(12)17/h1-6,22H. The van der Waals surface area contributed by atoms with Crippen molar-refractivity contribution in [2.45, 2.75) is 6.18 Å². The van der Waals surface area contributed by atoms with E-state index in [9.17, 15) is 18.3 Å². The van der Waals surface area contributed by atoms with Crippen molar-refractivity contribution in [2.24, 2.45) is 4.99 Å². The van der Waals surface area contributed by atoms with Gasteiger partial charge < -0.3 is 5.11 Å². The summed E-state index contributed by atoms with van der Waals surface area (Å²) in [5, 5.41) is 9.96. The van der Waals surface area contributed by atoms with E-state index >= 15 is 0 Å². The van der Waals surface area contributed by atoms with Gasteiger partial charge in [-0.05, 0) is 46.3 Å². The quantitative estimate of drug-likeness (QED) is 0.525. The van der Waals surface area contributed by atoms with Crippen molar-refractivity contribution in [2.75, 3.05) is 0 Å². The summed E-state index contributed by atoms with van der Waals surface area (Å²) in [5.41, 5.74) is -0.551. The van der Waals surface area contributed by atoms with Gasteiger partial charge in [-0.2, -0.15) is 13.2 Å². The van der Waals surface area contributed by atoms with Gasteiger partial charge in [-0.3, -0.25) is 4.99 Å². The van der Waals surface area contributed by atoms with Crippen LogP contribution in [0.1, 0.15) is 11.1 Å². The molecule has 0 amide bonds. The molecule has 2 nitrogen and oxygen atoms in total. The fraction of sp³-hybridized carbons (Fsp3) is 0.0714. The third-order valence-corrected chi connectivity index (χ3v) is 4.06. The first-order valence-electron chi connectivity index (χ1n) is 5.77. The number of nitrogens with zero attached hydrogens (tertiary/aromatic N) is 1. The molecule has 0 aliphatic rings. The second-order valence-electron chi connectivity index (χ2n) is 4.25. The minimum Gasteiger partial charge on any atom is -0.506 e. The minimum atomic E-state index is -4.48. The molecule has 2 rings (SSSR count). The van der Waals surface area contributed by atoms with E-state index in [0.29, 0.717) is 14.5 Å². The zero-order valence-electron chi connectivity index (χ0n) is 10.6. The van der Waals surface area contributed by atoms with Crippen molar-refractivity contribution in [1.82, 2.24) is 0 Å². The van der Waals surface area contributed by atoms with Crippen LogP contribution >= 0.6 is 43.5 Å². The smallest absolute Gasteiger partial charge is 0.416 e. The molecular weight excluding hydrogens is 450 g/mol. The summed E-state index contributed by atoms with van der Waals surface area (Å²) in [6.45, 7) is 0. The van der Waals surface area contributed by atoms with Crippen LogP contribution in [-0.4, -0.2) is 11.3 Å². The van der Waals surface area contributed by atoms with Gasteiger partial charge >= 0.3 is 6.18 Å². The van der Waals surface area contributed by atoms with Crippen molar-refractivity contribution in [3.8, 4) is 5.75 Å². The molecule has 116 valence electrons. The summed E-state index contributed by atoms with van der Waals surface area (Å²) in [7, 11) is 0. The number of halogens is 6. The number of rotatable bonds is 2. The van der Waals surface area contributed by atoms with E-state index in [1.165, 1.54) is 6.21 Å². The van der Waals surface area contributed by atoms with Gasteiger partial charge in [0.05, 0.1) is 20.7 Å². The molecule has 0 saturated heterocycles. The van der Waals surface area contributed by atoms with Gasteiger partial charge in [0.15, 0.2) is 0 Å². The number of alkyl halides is 3. The fourth-order valence-electron chi connectivity index (χ4n) is 1.61. The Morgan fingerprint density at radius 1 is 1.14 bits per heavy atom. The van der Waals surface area contributed by atoms with Crippen LogP contribution in [0.5, 0.6) is 5.75 Å². The van der Waals surface area contributed by atoms with Crippen LogP contribution < -0.4 is 0 Å². The second kappa shape index (κ2) is 6.60. The normalized spacial score (nSPS) is 12.1. The Bertz CT molecular complexity index is 748. The zero-order chi connectivity index (χ0) is 16.5. The number of benzene rings is 2. The molecule has 0 atom stereocenters. The molecule has 0 aliphatic heterocycles. The molecule has 0 heterocycles. The molecule has 22 heavy (non-hydrogen) atoms. The Labute approximate surface area is 145 Å². The molecule has 2 aromatic carbocycles. The van der Waals surface area contributed by atoms with E-state index in [1.54, 1.807) is 12.1 Å². The third kappa shape index (κ3) is 4.02. The van der Waals surface area contributed by atoms with Crippen molar-refractivity contribution < 1.29 is 18.3 Å². The van der Waals surface area contributed by atoms with Gasteiger partial charge in [0.1, 0.15) is 5.75 Å². The molecule has 1 N–H and O–H groups in total. The Morgan fingerprint density at radius 2 is 1.82 bits per heavy atom. The van der Waals surface area contributed by atoms with Gasteiger partial charge in [-0.15, -0.1) is 0 Å². The summed E-state index contributed by atoms with van der Waals surface area (Å²) >= 11 is 12.3.